The van der Waals surface area contributed by atoms with E-state index >= 15 is 0 Å². The fourth-order valence-electron chi connectivity index (χ4n) is 5.64. The quantitative estimate of drug-likeness (QED) is 0.659. The van der Waals surface area contributed by atoms with Gasteiger partial charge in [0.2, 0.25) is 17.7 Å². The Balaban J connectivity index is 1.34. The number of benzene rings is 1. The van der Waals surface area contributed by atoms with Crippen molar-refractivity contribution < 1.29 is 14.4 Å². The molecule has 0 unspecified atom stereocenters. The fraction of sp³-hybridized carbons (Fsp3) is 0.500. The van der Waals surface area contributed by atoms with Crippen molar-refractivity contribution in [1.29, 1.82) is 0 Å². The van der Waals surface area contributed by atoms with Crippen LogP contribution in [0.5, 0.6) is 0 Å². The second-order valence-electron chi connectivity index (χ2n) is 8.52. The van der Waals surface area contributed by atoms with Gasteiger partial charge >= 0.3 is 0 Å². The lowest BCUT2D eigenvalue weighted by atomic mass is 9.63. The molecule has 1 heterocycles. The maximum Gasteiger partial charge on any atom is 0.243 e. The average Bonchev–Trinajstić information content (AvgIpc) is 3.46. The topological polar surface area (TPSA) is 66.5 Å². The number of imide groups is 1. The highest BCUT2D eigenvalue weighted by Gasteiger charge is 2.67. The first kappa shape index (κ1) is 16.7. The molecule has 3 fully saturated rings. The number of nitrogens with zero attached hydrogens (tertiary/aromatic N) is 1. The van der Waals surface area contributed by atoms with Crippen molar-refractivity contribution in [3.05, 3.63) is 48.0 Å². The molecule has 1 N–H and O–H groups in total. The number of carbonyl (C=O) groups is 3. The van der Waals surface area contributed by atoms with Crippen LogP contribution >= 0.6 is 0 Å². The standard InChI is InChI=1S/C22H24N2O3/c1-11(13-6-4-3-5-7-13)23-20(25)12(2)24-21(26)18-14-8-9-15(17-10-16(14)17)19(18)22(24)27/h3-9,11-12,14-19H,10H2,1-2H3,(H,23,25)/t11-,12-,14+,15+,16+,17+,18-,19+/m0/s1. The molecule has 0 aromatic heterocycles. The Morgan fingerprint density at radius 1 is 1.00 bits per heavy atom. The van der Waals surface area contributed by atoms with Gasteiger partial charge in [-0.15, -0.1) is 0 Å². The maximum absolute atomic E-state index is 13.1. The van der Waals surface area contributed by atoms with Crippen LogP contribution < -0.4 is 5.32 Å². The maximum atomic E-state index is 13.1. The largest absolute Gasteiger partial charge is 0.348 e. The molecule has 5 aliphatic rings. The number of hydrogen-bond acceptors (Lipinski definition) is 3. The van der Waals surface area contributed by atoms with Crippen LogP contribution in [0.25, 0.3) is 0 Å². The van der Waals surface area contributed by atoms with Crippen molar-refractivity contribution in [1.82, 2.24) is 10.2 Å². The van der Waals surface area contributed by atoms with Crippen LogP contribution in [0.15, 0.2) is 42.5 Å². The van der Waals surface area contributed by atoms with Gasteiger partial charge in [0.25, 0.3) is 0 Å². The van der Waals surface area contributed by atoms with Gasteiger partial charge in [-0.3, -0.25) is 19.3 Å². The molecule has 140 valence electrons. The van der Waals surface area contributed by atoms with Gasteiger partial charge in [0.15, 0.2) is 0 Å². The Morgan fingerprint density at radius 2 is 1.56 bits per heavy atom. The molecule has 1 aromatic carbocycles. The third-order valence-corrected chi connectivity index (χ3v) is 7.12. The molecule has 1 saturated heterocycles. The summed E-state index contributed by atoms with van der Waals surface area (Å²) in [6.45, 7) is 3.57. The zero-order valence-corrected chi connectivity index (χ0v) is 15.5. The third-order valence-electron chi connectivity index (χ3n) is 7.12. The molecule has 5 nitrogen and oxygen atoms in total. The summed E-state index contributed by atoms with van der Waals surface area (Å²) in [6.07, 6.45) is 5.44. The Bertz CT molecular complexity index is 812. The average molecular weight is 364 g/mol. The van der Waals surface area contributed by atoms with Crippen LogP contribution in [0.1, 0.15) is 31.9 Å². The zero-order chi connectivity index (χ0) is 18.9. The van der Waals surface area contributed by atoms with Gasteiger partial charge < -0.3 is 5.32 Å². The first-order valence-electron chi connectivity index (χ1n) is 9.89. The van der Waals surface area contributed by atoms with Gasteiger partial charge in [0, 0.05) is 0 Å². The van der Waals surface area contributed by atoms with E-state index < -0.39 is 6.04 Å². The lowest BCUT2D eigenvalue weighted by Crippen LogP contribution is -2.49. The molecule has 3 amide bonds. The zero-order valence-electron chi connectivity index (χ0n) is 15.5. The first-order valence-corrected chi connectivity index (χ1v) is 9.89. The van der Waals surface area contributed by atoms with E-state index in [4.69, 9.17) is 0 Å². The molecule has 2 bridgehead atoms. The number of allylic oxidation sites excluding steroid dienone is 2. The molecular weight excluding hydrogens is 340 g/mol. The predicted octanol–water partition coefficient (Wildman–Crippen LogP) is 2.31. The minimum atomic E-state index is -0.780. The lowest BCUT2D eigenvalue weighted by molar-refractivity contribution is -0.147. The van der Waals surface area contributed by atoms with Gasteiger partial charge in [0.1, 0.15) is 6.04 Å². The Labute approximate surface area is 158 Å². The van der Waals surface area contributed by atoms with Crippen LogP contribution in [0.4, 0.5) is 0 Å². The molecule has 4 aliphatic carbocycles. The second-order valence-corrected chi connectivity index (χ2v) is 8.52. The molecular formula is C22H24N2O3. The van der Waals surface area contributed by atoms with Crippen molar-refractivity contribution in [3.8, 4) is 0 Å². The predicted molar refractivity (Wildman–Crippen MR) is 99.0 cm³/mol. The Morgan fingerprint density at radius 3 is 2.11 bits per heavy atom. The first-order chi connectivity index (χ1) is 13.0. The van der Waals surface area contributed by atoms with E-state index in [1.165, 1.54) is 4.90 Å². The van der Waals surface area contributed by atoms with E-state index in [0.717, 1.165) is 12.0 Å². The van der Waals surface area contributed by atoms with Gasteiger partial charge in [-0.2, -0.15) is 0 Å². The number of rotatable bonds is 4. The molecule has 6 rings (SSSR count). The van der Waals surface area contributed by atoms with Crippen LogP contribution in [-0.4, -0.2) is 28.7 Å². The Kier molecular flexibility index (Phi) is 3.58. The minimum Gasteiger partial charge on any atom is -0.348 e. The van der Waals surface area contributed by atoms with Crippen LogP contribution in [0.3, 0.4) is 0 Å². The van der Waals surface area contributed by atoms with Gasteiger partial charge in [-0.25, -0.2) is 0 Å². The smallest absolute Gasteiger partial charge is 0.243 e. The van der Waals surface area contributed by atoms with Gasteiger partial charge in [-0.05, 0) is 49.5 Å². The molecule has 1 aliphatic heterocycles. The van der Waals surface area contributed by atoms with Crippen LogP contribution in [0.2, 0.25) is 0 Å². The summed E-state index contributed by atoms with van der Waals surface area (Å²) in [5, 5.41) is 2.95. The molecule has 2 saturated carbocycles. The van der Waals surface area contributed by atoms with E-state index in [1.54, 1.807) is 6.92 Å². The third kappa shape index (κ3) is 2.33. The summed E-state index contributed by atoms with van der Waals surface area (Å²) >= 11 is 0. The van der Waals surface area contributed by atoms with E-state index in [0.29, 0.717) is 11.8 Å². The van der Waals surface area contributed by atoms with Crippen molar-refractivity contribution in [3.63, 3.8) is 0 Å². The van der Waals surface area contributed by atoms with Gasteiger partial charge in [-0.1, -0.05) is 42.5 Å². The van der Waals surface area contributed by atoms with Crippen molar-refractivity contribution in [2.45, 2.75) is 32.4 Å². The summed E-state index contributed by atoms with van der Waals surface area (Å²) in [6, 6.07) is 8.72. The number of likely N-dealkylation sites (tertiary alicyclic amines) is 1. The normalized spacial score (nSPS) is 37.6. The highest BCUT2D eigenvalue weighted by atomic mass is 16.2. The summed E-state index contributed by atoms with van der Waals surface area (Å²) < 4.78 is 0. The monoisotopic (exact) mass is 364 g/mol. The molecule has 0 radical (unpaired) electrons. The molecule has 5 heteroatoms. The molecule has 1 aromatic rings. The minimum absolute atomic E-state index is 0.148. The molecule has 8 atom stereocenters. The van der Waals surface area contributed by atoms with E-state index in [2.05, 4.69) is 17.5 Å². The SMILES string of the molecule is C[C@H](NC(=O)[C@H](C)N1C(=O)[C@@H]2[C@@H]3C=C[C@H]([C@H]4C[C@H]34)[C@@H]2C1=O)c1ccccc1. The highest BCUT2D eigenvalue weighted by Crippen LogP contribution is 2.65. The second kappa shape index (κ2) is 5.78. The molecule has 27 heavy (non-hydrogen) atoms. The lowest BCUT2D eigenvalue weighted by Gasteiger charge is -2.37. The number of nitrogens with one attached hydrogen (secondary N) is 1. The fourth-order valence-corrected chi connectivity index (χ4v) is 5.64. The number of hydrogen-bond donors (Lipinski definition) is 1. The Hall–Kier alpha value is -2.43. The van der Waals surface area contributed by atoms with E-state index in [9.17, 15) is 14.4 Å². The van der Waals surface area contributed by atoms with Crippen molar-refractivity contribution in [2.75, 3.05) is 0 Å². The highest BCUT2D eigenvalue weighted by molar-refractivity contribution is 6.09. The summed E-state index contributed by atoms with van der Waals surface area (Å²) in [5.41, 5.74) is 0.994. The molecule has 0 spiro atoms. The van der Waals surface area contributed by atoms with Crippen LogP contribution in [-0.2, 0) is 14.4 Å². The summed E-state index contributed by atoms with van der Waals surface area (Å²) in [4.78, 5) is 40.2. The van der Waals surface area contributed by atoms with E-state index in [1.807, 2.05) is 37.3 Å². The van der Waals surface area contributed by atoms with Crippen molar-refractivity contribution in [2.24, 2.45) is 35.5 Å². The summed E-state index contributed by atoms with van der Waals surface area (Å²) in [7, 11) is 0. The van der Waals surface area contributed by atoms with E-state index in [-0.39, 0.29) is 47.4 Å². The summed E-state index contributed by atoms with van der Waals surface area (Å²) in [5.74, 6) is 0.429. The number of carbonyl (C=O) groups excluding carboxylic acids is 3. The van der Waals surface area contributed by atoms with Crippen molar-refractivity contribution >= 4 is 17.7 Å². The number of amides is 3. The van der Waals surface area contributed by atoms with Crippen LogP contribution in [0, 0.1) is 35.5 Å². The van der Waals surface area contributed by atoms with Gasteiger partial charge in [0.05, 0.1) is 17.9 Å².